The van der Waals surface area contributed by atoms with Crippen molar-refractivity contribution in [2.75, 3.05) is 17.7 Å². The van der Waals surface area contributed by atoms with E-state index < -0.39 is 0 Å². The number of methoxy groups -OCH3 is 1. The first kappa shape index (κ1) is 24.6. The second-order valence-electron chi connectivity index (χ2n) is 9.84. The molecule has 2 atom stereocenters. The Morgan fingerprint density at radius 2 is 1.74 bits per heavy atom. The minimum atomic E-state index is -0.0697. The lowest BCUT2D eigenvalue weighted by atomic mass is 10.1. The summed E-state index contributed by atoms with van der Waals surface area (Å²) in [5.41, 5.74) is 4.08. The van der Waals surface area contributed by atoms with Crippen molar-refractivity contribution in [2.45, 2.75) is 37.9 Å². The molecule has 2 N–H and O–H groups in total. The SMILES string of the molecule is COc1ccc(Cn2c(N[C@H]3CC[C@H](Nc4ncc(-c5cccn(C)c5=O)cn4)C3)nc3cccnc32)cc1. The molecule has 0 bridgehead atoms. The third kappa shape index (κ3) is 5.18. The van der Waals surface area contributed by atoms with Crippen molar-refractivity contribution in [1.29, 1.82) is 0 Å². The molecule has 4 heterocycles. The first-order valence-corrected chi connectivity index (χ1v) is 13.0. The summed E-state index contributed by atoms with van der Waals surface area (Å²) in [5.74, 6) is 2.21. The monoisotopic (exact) mass is 522 g/mol. The molecule has 1 aliphatic rings. The predicted octanol–water partition coefficient (Wildman–Crippen LogP) is 4.09. The van der Waals surface area contributed by atoms with Crippen LogP contribution in [0.3, 0.4) is 0 Å². The predicted molar refractivity (Wildman–Crippen MR) is 151 cm³/mol. The number of rotatable bonds is 8. The van der Waals surface area contributed by atoms with Gasteiger partial charge in [-0.15, -0.1) is 0 Å². The number of ether oxygens (including phenoxy) is 1. The van der Waals surface area contributed by atoms with Gasteiger partial charge in [0.25, 0.3) is 5.56 Å². The highest BCUT2D eigenvalue weighted by Gasteiger charge is 2.27. The van der Waals surface area contributed by atoms with Crippen LogP contribution < -0.4 is 20.9 Å². The number of aryl methyl sites for hydroxylation is 1. The van der Waals surface area contributed by atoms with Crippen LogP contribution in [0.15, 0.2) is 78.1 Å². The van der Waals surface area contributed by atoms with Crippen LogP contribution in [0, 0.1) is 0 Å². The van der Waals surface area contributed by atoms with E-state index >= 15 is 0 Å². The lowest BCUT2D eigenvalue weighted by Gasteiger charge is -2.17. The highest BCUT2D eigenvalue weighted by atomic mass is 16.5. The van der Waals surface area contributed by atoms with Crippen molar-refractivity contribution in [2.24, 2.45) is 7.05 Å². The van der Waals surface area contributed by atoms with E-state index in [1.54, 1.807) is 49.6 Å². The number of nitrogens with one attached hydrogen (secondary N) is 2. The number of anilines is 2. The van der Waals surface area contributed by atoms with Gasteiger partial charge in [0.1, 0.15) is 11.3 Å². The van der Waals surface area contributed by atoms with E-state index in [9.17, 15) is 4.79 Å². The Kier molecular flexibility index (Phi) is 6.66. The normalized spacial score (nSPS) is 16.9. The van der Waals surface area contributed by atoms with Gasteiger partial charge < -0.3 is 19.9 Å². The van der Waals surface area contributed by atoms with Crippen LogP contribution in [-0.2, 0) is 13.6 Å². The van der Waals surface area contributed by atoms with E-state index in [4.69, 9.17) is 9.72 Å². The first-order valence-electron chi connectivity index (χ1n) is 13.0. The zero-order chi connectivity index (χ0) is 26.8. The topological polar surface area (TPSA) is 112 Å². The van der Waals surface area contributed by atoms with Crippen LogP contribution in [0.25, 0.3) is 22.3 Å². The summed E-state index contributed by atoms with van der Waals surface area (Å²) >= 11 is 0. The molecule has 0 spiro atoms. The Bertz CT molecular complexity index is 1640. The van der Waals surface area contributed by atoms with Crippen LogP contribution in [0.5, 0.6) is 5.75 Å². The summed E-state index contributed by atoms with van der Waals surface area (Å²) in [4.78, 5) is 30.8. The molecule has 10 heteroatoms. The van der Waals surface area contributed by atoms with Crippen molar-refractivity contribution >= 4 is 23.1 Å². The molecule has 1 saturated carbocycles. The molecule has 1 fully saturated rings. The molecule has 10 nitrogen and oxygen atoms in total. The maximum Gasteiger partial charge on any atom is 0.258 e. The summed E-state index contributed by atoms with van der Waals surface area (Å²) in [6.07, 6.45) is 9.82. The van der Waals surface area contributed by atoms with Crippen LogP contribution in [0.1, 0.15) is 24.8 Å². The molecule has 5 aromatic rings. The molecule has 39 heavy (non-hydrogen) atoms. The number of aromatic nitrogens is 6. The van der Waals surface area contributed by atoms with Crippen molar-refractivity contribution in [3.8, 4) is 16.9 Å². The second kappa shape index (κ2) is 10.6. The molecule has 198 valence electrons. The summed E-state index contributed by atoms with van der Waals surface area (Å²) in [6.45, 7) is 0.652. The van der Waals surface area contributed by atoms with Crippen molar-refractivity contribution in [3.63, 3.8) is 0 Å². The number of benzene rings is 1. The maximum absolute atomic E-state index is 12.4. The minimum Gasteiger partial charge on any atom is -0.497 e. The van der Waals surface area contributed by atoms with E-state index in [1.165, 1.54) is 0 Å². The highest BCUT2D eigenvalue weighted by molar-refractivity contribution is 5.74. The molecule has 0 unspecified atom stereocenters. The van der Waals surface area contributed by atoms with E-state index in [0.29, 0.717) is 23.6 Å². The van der Waals surface area contributed by atoms with Crippen molar-refractivity contribution in [1.82, 2.24) is 29.1 Å². The van der Waals surface area contributed by atoms with Crippen LogP contribution in [0.4, 0.5) is 11.9 Å². The van der Waals surface area contributed by atoms with Gasteiger partial charge in [-0.05, 0) is 61.2 Å². The van der Waals surface area contributed by atoms with Gasteiger partial charge in [0.05, 0.1) is 19.2 Å². The fraction of sp³-hybridized carbons (Fsp3) is 0.276. The van der Waals surface area contributed by atoms with E-state index in [2.05, 4.69) is 42.3 Å². The number of imidazole rings is 1. The van der Waals surface area contributed by atoms with E-state index in [0.717, 1.165) is 47.7 Å². The fourth-order valence-electron chi connectivity index (χ4n) is 5.10. The van der Waals surface area contributed by atoms with Crippen molar-refractivity contribution in [3.05, 3.63) is 89.2 Å². The molecule has 6 rings (SSSR count). The number of pyridine rings is 2. The zero-order valence-corrected chi connectivity index (χ0v) is 21.9. The Hall–Kier alpha value is -4.73. The Balaban J connectivity index is 1.14. The number of hydrogen-bond donors (Lipinski definition) is 2. The highest BCUT2D eigenvalue weighted by Crippen LogP contribution is 2.27. The molecule has 4 aromatic heterocycles. The van der Waals surface area contributed by atoms with Gasteiger partial charge in [-0.3, -0.25) is 9.36 Å². The van der Waals surface area contributed by atoms with Gasteiger partial charge in [-0.1, -0.05) is 12.1 Å². The molecule has 1 aromatic carbocycles. The van der Waals surface area contributed by atoms with Crippen LogP contribution in [0.2, 0.25) is 0 Å². The molecule has 0 aliphatic heterocycles. The molecular weight excluding hydrogens is 492 g/mol. The van der Waals surface area contributed by atoms with Gasteiger partial charge in [0.15, 0.2) is 5.65 Å². The Labute approximate surface area is 225 Å². The molecule has 1 aliphatic carbocycles. The molecule has 0 amide bonds. The third-order valence-corrected chi connectivity index (χ3v) is 7.19. The third-order valence-electron chi connectivity index (χ3n) is 7.19. The molecule has 0 radical (unpaired) electrons. The smallest absolute Gasteiger partial charge is 0.258 e. The maximum atomic E-state index is 12.4. The largest absolute Gasteiger partial charge is 0.497 e. The van der Waals surface area contributed by atoms with Gasteiger partial charge >= 0.3 is 0 Å². The number of fused-ring (bicyclic) bond motifs is 1. The summed E-state index contributed by atoms with van der Waals surface area (Å²) in [5, 5.41) is 7.13. The lowest BCUT2D eigenvalue weighted by Crippen LogP contribution is -2.23. The Morgan fingerprint density at radius 3 is 2.51 bits per heavy atom. The van der Waals surface area contributed by atoms with Gasteiger partial charge in [0.2, 0.25) is 11.9 Å². The first-order chi connectivity index (χ1) is 19.1. The lowest BCUT2D eigenvalue weighted by molar-refractivity contribution is 0.414. The van der Waals surface area contributed by atoms with Crippen LogP contribution in [-0.4, -0.2) is 48.3 Å². The molecule has 0 saturated heterocycles. The minimum absolute atomic E-state index is 0.0697. The average Bonchev–Trinajstić information content (AvgIpc) is 3.55. The average molecular weight is 523 g/mol. The van der Waals surface area contributed by atoms with Crippen LogP contribution >= 0.6 is 0 Å². The van der Waals surface area contributed by atoms with Gasteiger partial charge in [-0.2, -0.15) is 0 Å². The number of nitrogens with zero attached hydrogens (tertiary/aromatic N) is 6. The number of hydrogen-bond acceptors (Lipinski definition) is 8. The summed E-state index contributed by atoms with van der Waals surface area (Å²) in [6, 6.07) is 16.1. The standard InChI is InChI=1S/C29H30N8O2/c1-36-14-4-5-24(27(36)38)20-16-31-28(32-17-20)33-21-9-10-22(15-21)34-29-35-25-6-3-13-30-26(25)37(29)18-19-7-11-23(39-2)12-8-19/h3-8,11-14,16-17,21-22H,9-10,15,18H2,1-2H3,(H,34,35)(H,31,32,33)/t21-,22-/m0/s1. The second-order valence-corrected chi connectivity index (χ2v) is 9.84. The van der Waals surface area contributed by atoms with E-state index in [1.807, 2.05) is 30.3 Å². The zero-order valence-electron chi connectivity index (χ0n) is 21.9. The van der Waals surface area contributed by atoms with Crippen molar-refractivity contribution < 1.29 is 4.74 Å². The fourth-order valence-corrected chi connectivity index (χ4v) is 5.10. The Morgan fingerprint density at radius 1 is 0.974 bits per heavy atom. The molecular formula is C29H30N8O2. The van der Waals surface area contributed by atoms with E-state index in [-0.39, 0.29) is 17.6 Å². The quantitative estimate of drug-likeness (QED) is 0.314. The summed E-state index contributed by atoms with van der Waals surface area (Å²) in [7, 11) is 3.40. The summed E-state index contributed by atoms with van der Waals surface area (Å²) < 4.78 is 8.99. The van der Waals surface area contributed by atoms with Gasteiger partial charge in [-0.25, -0.2) is 19.9 Å². The van der Waals surface area contributed by atoms with Gasteiger partial charge in [0, 0.05) is 49.5 Å².